The summed E-state index contributed by atoms with van der Waals surface area (Å²) < 4.78 is 27.8. The maximum absolute atomic E-state index is 11.7. The van der Waals surface area contributed by atoms with E-state index < -0.39 is 29.9 Å². The molecule has 2 unspecified atom stereocenters. The lowest BCUT2D eigenvalue weighted by Gasteiger charge is -2.25. The molecule has 0 amide bonds. The van der Waals surface area contributed by atoms with Crippen LogP contribution in [0.15, 0.2) is 0 Å². The molecule has 3 rings (SSSR count). The van der Waals surface area contributed by atoms with Crippen LogP contribution in [0.2, 0.25) is 0 Å². The van der Waals surface area contributed by atoms with Crippen LogP contribution in [0.1, 0.15) is 27.7 Å². The Hall–Kier alpha value is -0.690. The van der Waals surface area contributed by atoms with E-state index in [-0.39, 0.29) is 12.1 Å². The first kappa shape index (κ1) is 12.3. The zero-order valence-corrected chi connectivity index (χ0v) is 11.0. The van der Waals surface area contributed by atoms with Crippen molar-refractivity contribution in [2.75, 3.05) is 6.61 Å². The topological polar surface area (TPSA) is 63.2 Å². The molecule has 6 nitrogen and oxygen atoms in total. The van der Waals surface area contributed by atoms with Gasteiger partial charge in [-0.25, -0.2) is 4.79 Å². The van der Waals surface area contributed by atoms with Gasteiger partial charge < -0.3 is 23.7 Å². The van der Waals surface area contributed by atoms with Crippen molar-refractivity contribution in [2.24, 2.45) is 0 Å². The van der Waals surface area contributed by atoms with Gasteiger partial charge >= 0.3 is 5.97 Å². The molecule has 102 valence electrons. The van der Waals surface area contributed by atoms with Crippen molar-refractivity contribution in [3.05, 3.63) is 0 Å². The van der Waals surface area contributed by atoms with Gasteiger partial charge in [-0.15, -0.1) is 0 Å². The van der Waals surface area contributed by atoms with Crippen molar-refractivity contribution in [1.82, 2.24) is 0 Å². The van der Waals surface area contributed by atoms with Crippen molar-refractivity contribution in [1.29, 1.82) is 0 Å². The summed E-state index contributed by atoms with van der Waals surface area (Å²) in [4.78, 5) is 11.7. The van der Waals surface area contributed by atoms with Gasteiger partial charge in [0.15, 0.2) is 23.8 Å². The average molecular weight is 258 g/mol. The number of carbonyl (C=O) groups is 1. The average Bonchev–Trinajstić information content (AvgIpc) is 2.81. The Morgan fingerprint density at radius 3 is 2.33 bits per heavy atom. The van der Waals surface area contributed by atoms with Gasteiger partial charge in [0.2, 0.25) is 0 Å². The number of carbonyl (C=O) groups excluding carboxylic acids is 1. The molecule has 3 heterocycles. The molecule has 6 heteroatoms. The van der Waals surface area contributed by atoms with E-state index in [0.717, 1.165) is 0 Å². The van der Waals surface area contributed by atoms with E-state index >= 15 is 0 Å². The number of ether oxygens (including phenoxy) is 5. The molecule has 0 aromatic carbocycles. The van der Waals surface area contributed by atoms with Crippen molar-refractivity contribution < 1.29 is 28.5 Å². The third-order valence-electron chi connectivity index (χ3n) is 3.33. The molecule has 3 fully saturated rings. The molecule has 0 aromatic rings. The molecule has 3 aliphatic heterocycles. The third kappa shape index (κ3) is 1.93. The highest BCUT2D eigenvalue weighted by Crippen LogP contribution is 2.39. The van der Waals surface area contributed by atoms with Crippen LogP contribution in [0.5, 0.6) is 0 Å². The second-order valence-electron chi connectivity index (χ2n) is 5.79. The first-order valence-corrected chi connectivity index (χ1v) is 6.15. The van der Waals surface area contributed by atoms with Crippen molar-refractivity contribution >= 4 is 5.97 Å². The predicted octanol–water partition coefficient (Wildman–Crippen LogP) is 0.583. The van der Waals surface area contributed by atoms with Crippen LogP contribution in [-0.4, -0.2) is 48.6 Å². The Morgan fingerprint density at radius 2 is 1.72 bits per heavy atom. The van der Waals surface area contributed by atoms with Crippen LogP contribution in [0, 0.1) is 0 Å². The largest absolute Gasteiger partial charge is 0.455 e. The summed E-state index contributed by atoms with van der Waals surface area (Å²) in [6, 6.07) is 0. The quantitative estimate of drug-likeness (QED) is 0.641. The van der Waals surface area contributed by atoms with E-state index in [4.69, 9.17) is 23.7 Å². The Morgan fingerprint density at radius 1 is 1.00 bits per heavy atom. The smallest absolute Gasteiger partial charge is 0.338 e. The molecule has 0 aromatic heterocycles. The summed E-state index contributed by atoms with van der Waals surface area (Å²) in [5.41, 5.74) is 0. The van der Waals surface area contributed by atoms with E-state index in [1.54, 1.807) is 13.8 Å². The predicted molar refractivity (Wildman–Crippen MR) is 58.6 cm³/mol. The number of fused-ring (bicyclic) bond motifs is 1. The molecule has 18 heavy (non-hydrogen) atoms. The summed E-state index contributed by atoms with van der Waals surface area (Å²) in [6.07, 6.45) is -1.85. The molecule has 3 saturated heterocycles. The van der Waals surface area contributed by atoms with Crippen molar-refractivity contribution in [3.63, 3.8) is 0 Å². The number of cyclic esters (lactones) is 1. The highest BCUT2D eigenvalue weighted by molar-refractivity contribution is 5.78. The van der Waals surface area contributed by atoms with Gasteiger partial charge in [0.1, 0.15) is 12.2 Å². The summed E-state index contributed by atoms with van der Waals surface area (Å²) in [5.74, 6) is -1.80. The van der Waals surface area contributed by atoms with E-state index in [1.165, 1.54) is 0 Å². The second kappa shape index (κ2) is 3.66. The van der Waals surface area contributed by atoms with E-state index in [9.17, 15) is 4.79 Å². The van der Waals surface area contributed by atoms with Gasteiger partial charge in [-0.2, -0.15) is 0 Å². The Kier molecular flexibility index (Phi) is 2.51. The van der Waals surface area contributed by atoms with Crippen LogP contribution in [0.3, 0.4) is 0 Å². The molecule has 0 bridgehead atoms. The van der Waals surface area contributed by atoms with Crippen LogP contribution < -0.4 is 0 Å². The normalized spacial score (nSPS) is 45.0. The third-order valence-corrected chi connectivity index (χ3v) is 3.33. The first-order chi connectivity index (χ1) is 8.27. The Balaban J connectivity index is 1.77. The van der Waals surface area contributed by atoms with E-state index in [2.05, 4.69) is 0 Å². The standard InChI is InChI=1S/C12H18O6/c1-11(2)14-5-6(16-11)7-8-9(10(13)15-7)18-12(3,4)17-8/h6-9H,5H2,1-4H3/t6?,7?,8-,9-/m0/s1. The maximum Gasteiger partial charge on any atom is 0.338 e. The van der Waals surface area contributed by atoms with Gasteiger partial charge in [0, 0.05) is 0 Å². The van der Waals surface area contributed by atoms with Crippen LogP contribution in [0.25, 0.3) is 0 Å². The number of rotatable bonds is 1. The van der Waals surface area contributed by atoms with Gasteiger partial charge in [0.25, 0.3) is 0 Å². The lowest BCUT2D eigenvalue weighted by molar-refractivity contribution is -0.200. The van der Waals surface area contributed by atoms with Crippen molar-refractivity contribution in [3.8, 4) is 0 Å². The number of hydrogen-bond donors (Lipinski definition) is 0. The highest BCUT2D eigenvalue weighted by Gasteiger charge is 2.59. The molecule has 0 radical (unpaired) electrons. The van der Waals surface area contributed by atoms with E-state index in [1.807, 2.05) is 13.8 Å². The molecule has 0 spiro atoms. The van der Waals surface area contributed by atoms with Gasteiger partial charge in [-0.3, -0.25) is 0 Å². The lowest BCUT2D eigenvalue weighted by atomic mass is 10.1. The number of hydrogen-bond acceptors (Lipinski definition) is 6. The van der Waals surface area contributed by atoms with Crippen LogP contribution in [-0.2, 0) is 28.5 Å². The Bertz CT molecular complexity index is 377. The van der Waals surface area contributed by atoms with Crippen LogP contribution in [0.4, 0.5) is 0 Å². The Labute approximate surface area is 105 Å². The fourth-order valence-corrected chi connectivity index (χ4v) is 2.64. The van der Waals surface area contributed by atoms with Crippen molar-refractivity contribution in [2.45, 2.75) is 63.7 Å². The van der Waals surface area contributed by atoms with Gasteiger partial charge in [-0.1, -0.05) is 0 Å². The fraction of sp³-hybridized carbons (Fsp3) is 0.917. The van der Waals surface area contributed by atoms with Crippen LogP contribution >= 0.6 is 0 Å². The minimum atomic E-state index is -0.762. The van der Waals surface area contributed by atoms with Gasteiger partial charge in [-0.05, 0) is 27.7 Å². The molecule has 3 aliphatic rings. The van der Waals surface area contributed by atoms with E-state index in [0.29, 0.717) is 6.61 Å². The summed E-state index contributed by atoms with van der Waals surface area (Å²) >= 11 is 0. The SMILES string of the molecule is CC1(C)OCC(C2OC(=O)[C@H]3OC(C)(C)O[C@@H]23)O1. The summed E-state index contributed by atoms with van der Waals surface area (Å²) in [5, 5.41) is 0. The molecular weight excluding hydrogens is 240 g/mol. The molecule has 0 N–H and O–H groups in total. The molecular formula is C12H18O6. The second-order valence-corrected chi connectivity index (χ2v) is 5.79. The summed E-state index contributed by atoms with van der Waals surface area (Å²) in [7, 11) is 0. The molecule has 4 atom stereocenters. The lowest BCUT2D eigenvalue weighted by Crippen LogP contribution is -2.40. The number of esters is 1. The monoisotopic (exact) mass is 258 g/mol. The first-order valence-electron chi connectivity index (χ1n) is 6.15. The molecule has 0 saturated carbocycles. The minimum absolute atomic E-state index is 0.309. The zero-order chi connectivity index (χ0) is 13.1. The fourth-order valence-electron chi connectivity index (χ4n) is 2.64. The maximum atomic E-state index is 11.7. The zero-order valence-electron chi connectivity index (χ0n) is 11.0. The van der Waals surface area contributed by atoms with Gasteiger partial charge in [0.05, 0.1) is 6.61 Å². The molecule has 0 aliphatic carbocycles. The highest BCUT2D eigenvalue weighted by atomic mass is 16.8. The summed E-state index contributed by atoms with van der Waals surface area (Å²) in [6.45, 7) is 7.61. The minimum Gasteiger partial charge on any atom is -0.455 e.